The number of halogens is 1. The van der Waals surface area contributed by atoms with Crippen LogP contribution in [0.15, 0.2) is 28.7 Å². The van der Waals surface area contributed by atoms with Crippen molar-refractivity contribution in [3.63, 3.8) is 0 Å². The predicted octanol–water partition coefficient (Wildman–Crippen LogP) is 2.03. The maximum absolute atomic E-state index is 5.84. The van der Waals surface area contributed by atoms with E-state index in [1.54, 1.807) is 7.11 Å². The van der Waals surface area contributed by atoms with Gasteiger partial charge in [-0.05, 0) is 18.7 Å². The van der Waals surface area contributed by atoms with Crippen LogP contribution in [0.4, 0.5) is 0 Å². The normalized spacial score (nSPS) is 13.1. The van der Waals surface area contributed by atoms with Gasteiger partial charge in [-0.25, -0.2) is 0 Å². The molecule has 1 rings (SSSR count). The Morgan fingerprint density at radius 3 is 2.69 bits per heavy atom. The lowest BCUT2D eigenvalue weighted by Crippen LogP contribution is -2.33. The Bertz CT molecular complexity index is 320. The molecule has 1 atom stereocenters. The molecule has 1 aromatic rings. The SMILES string of the molecule is COCCN(C)C(CN)c1ccccc1Br. The highest BCUT2D eigenvalue weighted by molar-refractivity contribution is 9.10. The van der Waals surface area contributed by atoms with Crippen LogP contribution in [-0.4, -0.2) is 38.8 Å². The van der Waals surface area contributed by atoms with E-state index in [4.69, 9.17) is 10.5 Å². The fraction of sp³-hybridized carbons (Fsp3) is 0.500. The number of hydrogen-bond donors (Lipinski definition) is 1. The van der Waals surface area contributed by atoms with E-state index >= 15 is 0 Å². The Labute approximate surface area is 106 Å². The van der Waals surface area contributed by atoms with Gasteiger partial charge in [-0.1, -0.05) is 34.1 Å². The minimum absolute atomic E-state index is 0.228. The first-order valence-corrected chi connectivity index (χ1v) is 6.13. The number of methoxy groups -OCH3 is 1. The summed E-state index contributed by atoms with van der Waals surface area (Å²) >= 11 is 3.56. The molecule has 1 aromatic carbocycles. The molecule has 0 aliphatic heterocycles. The molecule has 0 saturated heterocycles. The third-order valence-corrected chi connectivity index (χ3v) is 3.39. The molecule has 90 valence electrons. The summed E-state index contributed by atoms with van der Waals surface area (Å²) in [4.78, 5) is 2.21. The van der Waals surface area contributed by atoms with Crippen molar-refractivity contribution in [3.05, 3.63) is 34.3 Å². The third-order valence-electron chi connectivity index (χ3n) is 2.67. The van der Waals surface area contributed by atoms with Gasteiger partial charge in [-0.3, -0.25) is 4.90 Å². The molecule has 0 saturated carbocycles. The molecule has 0 fully saturated rings. The van der Waals surface area contributed by atoms with E-state index in [1.807, 2.05) is 18.2 Å². The van der Waals surface area contributed by atoms with Gasteiger partial charge in [0.1, 0.15) is 0 Å². The van der Waals surface area contributed by atoms with Gasteiger partial charge in [0.25, 0.3) is 0 Å². The Morgan fingerprint density at radius 2 is 2.12 bits per heavy atom. The molecule has 3 nitrogen and oxygen atoms in total. The van der Waals surface area contributed by atoms with Crippen molar-refractivity contribution in [1.29, 1.82) is 0 Å². The minimum atomic E-state index is 0.228. The smallest absolute Gasteiger partial charge is 0.0589 e. The Balaban J connectivity index is 2.77. The van der Waals surface area contributed by atoms with Crippen LogP contribution < -0.4 is 5.73 Å². The number of nitrogens with two attached hydrogens (primary N) is 1. The van der Waals surface area contributed by atoms with Gasteiger partial charge in [0, 0.05) is 30.7 Å². The van der Waals surface area contributed by atoms with Crippen LogP contribution in [0.3, 0.4) is 0 Å². The van der Waals surface area contributed by atoms with Gasteiger partial charge >= 0.3 is 0 Å². The number of hydrogen-bond acceptors (Lipinski definition) is 3. The Hall–Kier alpha value is -0.420. The number of likely N-dealkylation sites (N-methyl/N-ethyl adjacent to an activating group) is 1. The van der Waals surface area contributed by atoms with Crippen molar-refractivity contribution < 1.29 is 4.74 Å². The molecule has 2 N–H and O–H groups in total. The van der Waals surface area contributed by atoms with Gasteiger partial charge in [-0.2, -0.15) is 0 Å². The van der Waals surface area contributed by atoms with Gasteiger partial charge in [0.05, 0.1) is 6.61 Å². The summed E-state index contributed by atoms with van der Waals surface area (Å²) in [6.45, 7) is 2.19. The first-order valence-electron chi connectivity index (χ1n) is 5.34. The second kappa shape index (κ2) is 7.01. The van der Waals surface area contributed by atoms with Crippen LogP contribution in [0, 0.1) is 0 Å². The summed E-state index contributed by atoms with van der Waals surface area (Å²) in [5, 5.41) is 0. The lowest BCUT2D eigenvalue weighted by atomic mass is 10.1. The molecule has 16 heavy (non-hydrogen) atoms. The van der Waals surface area contributed by atoms with E-state index in [1.165, 1.54) is 5.56 Å². The van der Waals surface area contributed by atoms with Crippen molar-refractivity contribution in [2.75, 3.05) is 33.9 Å². The molecule has 0 amide bonds. The molecule has 0 bridgehead atoms. The number of rotatable bonds is 6. The summed E-state index contributed by atoms with van der Waals surface area (Å²) in [5.41, 5.74) is 7.07. The van der Waals surface area contributed by atoms with E-state index in [9.17, 15) is 0 Å². The lowest BCUT2D eigenvalue weighted by Gasteiger charge is -2.27. The second-order valence-corrected chi connectivity index (χ2v) is 4.60. The summed E-state index contributed by atoms with van der Waals surface area (Å²) in [6.07, 6.45) is 0. The zero-order chi connectivity index (χ0) is 12.0. The molecule has 4 heteroatoms. The minimum Gasteiger partial charge on any atom is -0.383 e. The average Bonchev–Trinajstić information content (AvgIpc) is 2.30. The highest BCUT2D eigenvalue weighted by Crippen LogP contribution is 2.25. The van der Waals surface area contributed by atoms with Gasteiger partial charge in [-0.15, -0.1) is 0 Å². The van der Waals surface area contributed by atoms with Crippen molar-refractivity contribution in [3.8, 4) is 0 Å². The maximum atomic E-state index is 5.84. The number of ether oxygens (including phenoxy) is 1. The molecule has 0 heterocycles. The van der Waals surface area contributed by atoms with Gasteiger partial charge < -0.3 is 10.5 Å². The van der Waals surface area contributed by atoms with Crippen LogP contribution >= 0.6 is 15.9 Å². The summed E-state index contributed by atoms with van der Waals surface area (Å²) in [6, 6.07) is 8.42. The monoisotopic (exact) mass is 286 g/mol. The largest absolute Gasteiger partial charge is 0.383 e. The van der Waals surface area contributed by atoms with E-state index in [0.29, 0.717) is 6.54 Å². The first-order chi connectivity index (χ1) is 7.70. The summed E-state index contributed by atoms with van der Waals surface area (Å²) in [7, 11) is 3.78. The fourth-order valence-corrected chi connectivity index (χ4v) is 2.23. The quantitative estimate of drug-likeness (QED) is 0.870. The highest BCUT2D eigenvalue weighted by atomic mass is 79.9. The number of benzene rings is 1. The zero-order valence-corrected chi connectivity index (χ0v) is 11.4. The van der Waals surface area contributed by atoms with Gasteiger partial charge in [0.15, 0.2) is 0 Å². The van der Waals surface area contributed by atoms with Crippen molar-refractivity contribution in [1.82, 2.24) is 4.90 Å². The third kappa shape index (κ3) is 3.56. The molecule has 0 aromatic heterocycles. The van der Waals surface area contributed by atoms with Crippen LogP contribution in [0.5, 0.6) is 0 Å². The Kier molecular flexibility index (Phi) is 5.98. The lowest BCUT2D eigenvalue weighted by molar-refractivity contribution is 0.140. The molecule has 0 aliphatic rings. The number of nitrogens with zero attached hydrogens (tertiary/aromatic N) is 1. The van der Waals surface area contributed by atoms with E-state index in [-0.39, 0.29) is 6.04 Å². The topological polar surface area (TPSA) is 38.5 Å². The van der Waals surface area contributed by atoms with Crippen LogP contribution in [0.1, 0.15) is 11.6 Å². The molecular weight excluding hydrogens is 268 g/mol. The summed E-state index contributed by atoms with van der Waals surface area (Å²) in [5.74, 6) is 0. The average molecular weight is 287 g/mol. The first kappa shape index (κ1) is 13.6. The van der Waals surface area contributed by atoms with E-state index in [2.05, 4.69) is 33.9 Å². The molecule has 0 spiro atoms. The summed E-state index contributed by atoms with van der Waals surface area (Å²) < 4.78 is 6.19. The second-order valence-electron chi connectivity index (χ2n) is 3.75. The van der Waals surface area contributed by atoms with Crippen LogP contribution in [0.2, 0.25) is 0 Å². The van der Waals surface area contributed by atoms with Gasteiger partial charge in [0.2, 0.25) is 0 Å². The van der Waals surface area contributed by atoms with Crippen molar-refractivity contribution in [2.24, 2.45) is 5.73 Å². The van der Waals surface area contributed by atoms with Crippen LogP contribution in [-0.2, 0) is 4.74 Å². The van der Waals surface area contributed by atoms with Crippen molar-refractivity contribution in [2.45, 2.75) is 6.04 Å². The standard InChI is InChI=1S/C12H19BrN2O/c1-15(7-8-16-2)12(9-14)10-5-3-4-6-11(10)13/h3-6,12H,7-9,14H2,1-2H3. The molecular formula is C12H19BrN2O. The van der Waals surface area contributed by atoms with E-state index in [0.717, 1.165) is 17.6 Å². The Morgan fingerprint density at radius 1 is 1.44 bits per heavy atom. The maximum Gasteiger partial charge on any atom is 0.0589 e. The van der Waals surface area contributed by atoms with Crippen LogP contribution in [0.25, 0.3) is 0 Å². The van der Waals surface area contributed by atoms with Crippen molar-refractivity contribution >= 4 is 15.9 Å². The molecule has 0 radical (unpaired) electrons. The van der Waals surface area contributed by atoms with E-state index < -0.39 is 0 Å². The fourth-order valence-electron chi connectivity index (χ4n) is 1.68. The molecule has 1 unspecified atom stereocenters. The molecule has 0 aliphatic carbocycles. The highest BCUT2D eigenvalue weighted by Gasteiger charge is 2.16. The zero-order valence-electron chi connectivity index (χ0n) is 9.82. The predicted molar refractivity (Wildman–Crippen MR) is 70.4 cm³/mol.